The van der Waals surface area contributed by atoms with Crippen molar-refractivity contribution in [2.75, 3.05) is 44.2 Å². The molecule has 0 bridgehead atoms. The second kappa shape index (κ2) is 10.6. The molecule has 8 nitrogen and oxygen atoms in total. The quantitative estimate of drug-likeness (QED) is 0.533. The number of alkyl halides is 3. The highest BCUT2D eigenvalue weighted by Crippen LogP contribution is 2.45. The smallest absolute Gasteiger partial charge is 0.357 e. The Morgan fingerprint density at radius 3 is 2.33 bits per heavy atom. The van der Waals surface area contributed by atoms with Gasteiger partial charge in [0, 0.05) is 64.0 Å². The van der Waals surface area contributed by atoms with Gasteiger partial charge < -0.3 is 9.80 Å². The topological polar surface area (TPSA) is 81.3 Å². The Labute approximate surface area is 226 Å². The number of nitrogens with zero attached hydrogens (tertiary/aromatic N) is 7. The average molecular weight is 542 g/mol. The van der Waals surface area contributed by atoms with Crippen LogP contribution in [0.3, 0.4) is 0 Å². The Bertz CT molecular complexity index is 1260. The van der Waals surface area contributed by atoms with Crippen molar-refractivity contribution in [3.63, 3.8) is 0 Å². The van der Waals surface area contributed by atoms with Crippen LogP contribution in [-0.4, -0.2) is 75.8 Å². The number of pyridine rings is 1. The summed E-state index contributed by atoms with van der Waals surface area (Å²) < 4.78 is 44.2. The van der Waals surface area contributed by atoms with E-state index in [1.807, 2.05) is 35.8 Å². The molecule has 2 aromatic rings. The first kappa shape index (κ1) is 27.2. The van der Waals surface area contributed by atoms with Crippen LogP contribution in [0.25, 0.3) is 0 Å². The van der Waals surface area contributed by atoms with E-state index < -0.39 is 11.9 Å². The van der Waals surface area contributed by atoms with Gasteiger partial charge in [0.05, 0.1) is 11.8 Å². The summed E-state index contributed by atoms with van der Waals surface area (Å²) in [6.45, 7) is 9.43. The van der Waals surface area contributed by atoms with Crippen molar-refractivity contribution >= 4 is 11.7 Å². The average Bonchev–Trinajstić information content (AvgIpc) is 3.24. The first-order valence-corrected chi connectivity index (χ1v) is 13.5. The Balaban J connectivity index is 1.32. The molecule has 0 spiro atoms. The van der Waals surface area contributed by atoms with Gasteiger partial charge in [-0.3, -0.25) is 14.4 Å². The maximum Gasteiger partial charge on any atom is 0.434 e. The molecule has 0 radical (unpaired) electrons. The summed E-state index contributed by atoms with van der Waals surface area (Å²) in [6, 6.07) is 3.78. The van der Waals surface area contributed by atoms with Crippen molar-refractivity contribution in [1.82, 2.24) is 24.6 Å². The molecule has 2 aliphatic heterocycles. The van der Waals surface area contributed by atoms with Gasteiger partial charge in [-0.15, -0.1) is 0 Å². The van der Waals surface area contributed by atoms with Gasteiger partial charge in [-0.25, -0.2) is 4.98 Å². The maximum atomic E-state index is 14.1. The zero-order chi connectivity index (χ0) is 27.9. The van der Waals surface area contributed by atoms with Crippen molar-refractivity contribution in [2.45, 2.75) is 56.7 Å². The molecular formula is C28H34F3N7O. The minimum atomic E-state index is -4.71. The number of carbonyl (C=O) groups is 1. The molecule has 4 heterocycles. The van der Waals surface area contributed by atoms with Gasteiger partial charge in [0.15, 0.2) is 5.69 Å². The number of piperidine rings is 1. The fourth-order valence-corrected chi connectivity index (χ4v) is 6.46. The van der Waals surface area contributed by atoms with Gasteiger partial charge in [-0.1, -0.05) is 6.58 Å². The van der Waals surface area contributed by atoms with Gasteiger partial charge in [0.25, 0.3) is 0 Å². The Morgan fingerprint density at radius 1 is 1.13 bits per heavy atom. The predicted octanol–water partition coefficient (Wildman–Crippen LogP) is 3.97. The SMILES string of the molecule is C=CC(=O)N1CCN(C2CC(c3cc(N4CCC(c5c(C)cnn5C)CC4)nc(C(F)(F)F)c3C#N)C2)CC1. The van der Waals surface area contributed by atoms with E-state index in [1.165, 1.54) is 11.8 Å². The van der Waals surface area contributed by atoms with E-state index in [0.717, 1.165) is 31.5 Å². The van der Waals surface area contributed by atoms with Gasteiger partial charge >= 0.3 is 6.18 Å². The van der Waals surface area contributed by atoms with Crippen molar-refractivity contribution < 1.29 is 18.0 Å². The number of carbonyl (C=O) groups excluding carboxylic acids is 1. The number of nitriles is 1. The highest BCUT2D eigenvalue weighted by molar-refractivity contribution is 5.87. The molecule has 1 saturated carbocycles. The van der Waals surface area contributed by atoms with E-state index in [-0.39, 0.29) is 23.4 Å². The highest BCUT2D eigenvalue weighted by atomic mass is 19.4. The normalized spacial score (nSPS) is 22.9. The third-order valence-electron chi connectivity index (χ3n) is 8.67. The van der Waals surface area contributed by atoms with Gasteiger partial charge in [0.1, 0.15) is 11.9 Å². The number of hydrogen-bond donors (Lipinski definition) is 0. The molecule has 3 aliphatic rings. The molecule has 1 aliphatic carbocycles. The van der Waals surface area contributed by atoms with Crippen LogP contribution in [0.5, 0.6) is 0 Å². The third kappa shape index (κ3) is 5.26. The minimum absolute atomic E-state index is 0.0803. The molecule has 208 valence electrons. The van der Waals surface area contributed by atoms with E-state index in [1.54, 1.807) is 11.0 Å². The van der Waals surface area contributed by atoms with Crippen molar-refractivity contribution in [3.8, 4) is 6.07 Å². The molecule has 5 rings (SSSR count). The van der Waals surface area contributed by atoms with Crippen LogP contribution < -0.4 is 4.90 Å². The van der Waals surface area contributed by atoms with E-state index in [0.29, 0.717) is 56.3 Å². The Morgan fingerprint density at radius 2 is 1.79 bits per heavy atom. The molecule has 2 aromatic heterocycles. The monoisotopic (exact) mass is 541 g/mol. The molecule has 39 heavy (non-hydrogen) atoms. The molecule has 0 aromatic carbocycles. The minimum Gasteiger partial charge on any atom is -0.357 e. The summed E-state index contributed by atoms with van der Waals surface area (Å²) in [5, 5.41) is 14.1. The number of hydrogen-bond acceptors (Lipinski definition) is 6. The summed E-state index contributed by atoms with van der Waals surface area (Å²) in [6.07, 6.45) is 1.42. The summed E-state index contributed by atoms with van der Waals surface area (Å²) >= 11 is 0. The number of aromatic nitrogens is 3. The van der Waals surface area contributed by atoms with Crippen LogP contribution in [0.15, 0.2) is 24.9 Å². The van der Waals surface area contributed by atoms with Crippen LogP contribution in [0, 0.1) is 18.3 Å². The molecule has 0 unspecified atom stereocenters. The summed E-state index contributed by atoms with van der Waals surface area (Å²) in [7, 11) is 1.92. The lowest BCUT2D eigenvalue weighted by molar-refractivity contribution is -0.141. The fourth-order valence-electron chi connectivity index (χ4n) is 6.46. The maximum absolute atomic E-state index is 14.1. The molecule has 11 heteroatoms. The summed E-state index contributed by atoms with van der Waals surface area (Å²) in [5.41, 5.74) is 1.33. The predicted molar refractivity (Wildman–Crippen MR) is 140 cm³/mol. The standard InChI is InChI=1S/C28H34F3N7O/c1-4-25(39)38-11-9-36(10-12-38)21-13-20(14-21)22-15-24(34-27(23(22)16-32)28(29,30)31)37-7-5-19(6-8-37)26-18(2)17-33-35(26)3/h4,15,17,19-21H,1,5-14H2,2-3H3. The first-order chi connectivity index (χ1) is 18.6. The van der Waals surface area contributed by atoms with E-state index in [9.17, 15) is 23.2 Å². The lowest BCUT2D eigenvalue weighted by atomic mass is 9.73. The van der Waals surface area contributed by atoms with Gasteiger partial charge in [0.2, 0.25) is 5.91 Å². The van der Waals surface area contributed by atoms with Crippen molar-refractivity contribution in [3.05, 3.63) is 53.0 Å². The fraction of sp³-hybridized carbons (Fsp3) is 0.571. The number of rotatable bonds is 5. The lowest BCUT2D eigenvalue weighted by Crippen LogP contribution is -2.54. The Hall–Kier alpha value is -3.39. The summed E-state index contributed by atoms with van der Waals surface area (Å²) in [4.78, 5) is 21.9. The summed E-state index contributed by atoms with van der Waals surface area (Å²) in [5.74, 6) is 0.387. The van der Waals surface area contributed by atoms with E-state index in [4.69, 9.17) is 0 Å². The number of aryl methyl sites for hydroxylation is 2. The second-order valence-electron chi connectivity index (χ2n) is 10.9. The molecule has 1 amide bonds. The van der Waals surface area contributed by atoms with Gasteiger partial charge in [-0.2, -0.15) is 23.5 Å². The van der Waals surface area contributed by atoms with Crippen molar-refractivity contribution in [2.24, 2.45) is 7.05 Å². The zero-order valence-electron chi connectivity index (χ0n) is 22.4. The number of halogens is 3. The van der Waals surface area contributed by atoms with Crippen LogP contribution in [0.4, 0.5) is 19.0 Å². The zero-order valence-corrected chi connectivity index (χ0v) is 22.4. The molecule has 0 atom stereocenters. The first-order valence-electron chi connectivity index (χ1n) is 13.5. The van der Waals surface area contributed by atoms with Crippen LogP contribution in [-0.2, 0) is 18.0 Å². The highest BCUT2D eigenvalue weighted by Gasteiger charge is 2.42. The van der Waals surface area contributed by atoms with Crippen LogP contribution in [0.2, 0.25) is 0 Å². The van der Waals surface area contributed by atoms with Crippen molar-refractivity contribution in [1.29, 1.82) is 5.26 Å². The van der Waals surface area contributed by atoms with E-state index in [2.05, 4.69) is 21.6 Å². The second-order valence-corrected chi connectivity index (χ2v) is 10.9. The van der Waals surface area contributed by atoms with E-state index >= 15 is 0 Å². The third-order valence-corrected chi connectivity index (χ3v) is 8.67. The number of amides is 1. The number of anilines is 1. The molecule has 0 N–H and O–H groups in total. The molecular weight excluding hydrogens is 507 g/mol. The van der Waals surface area contributed by atoms with Crippen LogP contribution >= 0.6 is 0 Å². The largest absolute Gasteiger partial charge is 0.434 e. The van der Waals surface area contributed by atoms with Gasteiger partial charge in [-0.05, 0) is 61.8 Å². The van der Waals surface area contributed by atoms with Crippen LogP contribution in [0.1, 0.15) is 65.6 Å². The molecule has 2 saturated heterocycles. The lowest BCUT2D eigenvalue weighted by Gasteiger charge is -2.47. The molecule has 3 fully saturated rings. The Kier molecular flexibility index (Phi) is 7.42. The number of piperazine rings is 1.